The van der Waals surface area contributed by atoms with Gasteiger partial charge < -0.3 is 46.3 Å². The van der Waals surface area contributed by atoms with Gasteiger partial charge in [0.05, 0.1) is 12.2 Å². The number of carbonyl (C=O) groups excluding carboxylic acids is 1. The van der Waals surface area contributed by atoms with Crippen molar-refractivity contribution in [3.63, 3.8) is 0 Å². The number of amides is 1. The van der Waals surface area contributed by atoms with Gasteiger partial charge >= 0.3 is 6.18 Å². The number of anilines is 1. The summed E-state index contributed by atoms with van der Waals surface area (Å²) in [6.45, 7) is -1.15. The lowest BCUT2D eigenvalue weighted by molar-refractivity contribution is -0.277. The highest BCUT2D eigenvalue weighted by Gasteiger charge is 2.45. The van der Waals surface area contributed by atoms with Crippen LogP contribution in [0.5, 0.6) is 5.75 Å². The van der Waals surface area contributed by atoms with Gasteiger partial charge in [0.25, 0.3) is 0 Å². The van der Waals surface area contributed by atoms with Crippen LogP contribution in [0.15, 0.2) is 72.8 Å². The molecule has 6 atom stereocenters. The van der Waals surface area contributed by atoms with Gasteiger partial charge in [-0.05, 0) is 29.8 Å². The minimum atomic E-state index is -4.64. The van der Waals surface area contributed by atoms with E-state index in [2.05, 4.69) is 10.6 Å². The molecule has 0 aliphatic carbocycles. The Bertz CT molecular complexity index is 1440. The van der Waals surface area contributed by atoms with Crippen LogP contribution < -0.4 is 21.1 Å². The van der Waals surface area contributed by atoms with Crippen molar-refractivity contribution in [2.24, 2.45) is 5.73 Å². The molecule has 0 radical (unpaired) electrons. The first kappa shape index (κ1) is 31.7. The molecule has 1 saturated heterocycles. The van der Waals surface area contributed by atoms with Crippen LogP contribution in [0.1, 0.15) is 28.3 Å². The van der Waals surface area contributed by atoms with E-state index in [0.717, 1.165) is 6.07 Å². The van der Waals surface area contributed by atoms with Crippen LogP contribution in [0.2, 0.25) is 0 Å². The molecule has 1 amide bonds. The fraction of sp³-hybridized carbons (Fsp3) is 0.310. The molecule has 3 aromatic rings. The number of amidine groups is 1. The van der Waals surface area contributed by atoms with Crippen LogP contribution >= 0.6 is 0 Å². The monoisotopic (exact) mass is 604 g/mol. The van der Waals surface area contributed by atoms with Crippen LogP contribution in [0.25, 0.3) is 0 Å². The molecule has 0 saturated carbocycles. The number of benzene rings is 3. The largest absolute Gasteiger partial charge is 0.462 e. The van der Waals surface area contributed by atoms with Crippen molar-refractivity contribution in [3.8, 4) is 5.75 Å². The highest BCUT2D eigenvalue weighted by molar-refractivity contribution is 5.96. The highest BCUT2D eigenvalue weighted by atomic mass is 19.4. The van der Waals surface area contributed by atoms with Gasteiger partial charge in [-0.2, -0.15) is 13.2 Å². The quantitative estimate of drug-likeness (QED) is 0.126. The van der Waals surface area contributed by atoms with Crippen molar-refractivity contribution in [2.75, 3.05) is 11.9 Å². The number of nitrogens with two attached hydrogens (primary N) is 1. The van der Waals surface area contributed by atoms with Gasteiger partial charge in [-0.15, -0.1) is 0 Å². The number of hydrogen-bond donors (Lipinski definition) is 8. The Hall–Kier alpha value is -4.21. The van der Waals surface area contributed by atoms with Gasteiger partial charge in [0.2, 0.25) is 12.2 Å². The zero-order valence-electron chi connectivity index (χ0n) is 22.5. The molecule has 14 heteroatoms. The molecule has 0 spiro atoms. The van der Waals surface area contributed by atoms with E-state index in [-0.39, 0.29) is 22.7 Å². The summed E-state index contributed by atoms with van der Waals surface area (Å²) in [5.41, 5.74) is 5.38. The second kappa shape index (κ2) is 13.4. The highest BCUT2D eigenvalue weighted by Crippen LogP contribution is 2.34. The number of aliphatic hydroxyl groups is 4. The molecule has 9 N–H and O–H groups in total. The summed E-state index contributed by atoms with van der Waals surface area (Å²) in [6.07, 6.45) is -12.5. The van der Waals surface area contributed by atoms with Gasteiger partial charge in [-0.3, -0.25) is 10.2 Å². The molecular formula is C29H31F3N4O7. The lowest BCUT2D eigenvalue weighted by Crippen LogP contribution is -2.60. The minimum Gasteiger partial charge on any atom is -0.462 e. The lowest BCUT2D eigenvalue weighted by atomic mass is 9.99. The van der Waals surface area contributed by atoms with Crippen molar-refractivity contribution in [2.45, 2.75) is 49.5 Å². The zero-order valence-corrected chi connectivity index (χ0v) is 22.5. The van der Waals surface area contributed by atoms with Crippen molar-refractivity contribution in [3.05, 3.63) is 95.1 Å². The second-order valence-corrected chi connectivity index (χ2v) is 9.80. The molecular weight excluding hydrogens is 573 g/mol. The second-order valence-electron chi connectivity index (χ2n) is 9.80. The number of ether oxygens (including phenoxy) is 2. The van der Waals surface area contributed by atoms with Gasteiger partial charge in [-0.1, -0.05) is 48.5 Å². The standard InChI is InChI=1S/C29H31F3N4O7/c30-29(31,32)19-10-3-1-6-16(19)13-35-27(41)22(36-17-8-5-7-15(12-17)26(33)34)18-9-2-4-11-20(18)42-28-25(40)24(39)23(38)21(14-37)43-28/h1-12,21-25,28,36-40H,13-14H2,(H3,33,34)(H,35,41). The predicted octanol–water partition coefficient (Wildman–Crippen LogP) is 1.64. The van der Waals surface area contributed by atoms with Crippen LogP contribution in [0.3, 0.4) is 0 Å². The first-order chi connectivity index (χ1) is 20.4. The van der Waals surface area contributed by atoms with Crippen molar-refractivity contribution in [1.82, 2.24) is 5.32 Å². The Balaban J connectivity index is 1.67. The third-order valence-electron chi connectivity index (χ3n) is 6.84. The summed E-state index contributed by atoms with van der Waals surface area (Å²) in [6, 6.07) is 15.8. The Morgan fingerprint density at radius 3 is 2.40 bits per heavy atom. The lowest BCUT2D eigenvalue weighted by Gasteiger charge is -2.39. The van der Waals surface area contributed by atoms with E-state index in [1.807, 2.05) is 0 Å². The first-order valence-electron chi connectivity index (χ1n) is 13.1. The van der Waals surface area contributed by atoms with Crippen molar-refractivity contribution < 1.29 is 47.9 Å². The molecule has 6 unspecified atom stereocenters. The summed E-state index contributed by atoms with van der Waals surface area (Å²) in [7, 11) is 0. The number of rotatable bonds is 10. The summed E-state index contributed by atoms with van der Waals surface area (Å²) in [5.74, 6) is -1.01. The van der Waals surface area contributed by atoms with Crippen LogP contribution in [-0.2, 0) is 22.3 Å². The Morgan fingerprint density at radius 2 is 1.70 bits per heavy atom. The predicted molar refractivity (Wildman–Crippen MR) is 148 cm³/mol. The van der Waals surface area contributed by atoms with E-state index in [1.54, 1.807) is 30.3 Å². The number of nitrogen functional groups attached to an aromatic ring is 1. The van der Waals surface area contributed by atoms with E-state index < -0.39 is 67.5 Å². The molecule has 3 aromatic carbocycles. The Kier molecular flexibility index (Phi) is 9.88. The fourth-order valence-electron chi connectivity index (χ4n) is 4.58. The Labute approximate surface area is 244 Å². The number of hydrogen-bond acceptors (Lipinski definition) is 9. The number of nitrogens with one attached hydrogen (secondary N) is 3. The van der Waals surface area contributed by atoms with Gasteiger partial charge in [0.1, 0.15) is 42.0 Å². The molecule has 1 fully saturated rings. The molecule has 43 heavy (non-hydrogen) atoms. The summed E-state index contributed by atoms with van der Waals surface area (Å²) in [4.78, 5) is 13.6. The van der Waals surface area contributed by atoms with Gasteiger partial charge in [0, 0.05) is 23.4 Å². The topological polar surface area (TPSA) is 190 Å². The maximum absolute atomic E-state index is 13.6. The van der Waals surface area contributed by atoms with E-state index >= 15 is 0 Å². The van der Waals surface area contributed by atoms with Crippen LogP contribution in [-0.4, -0.2) is 69.5 Å². The molecule has 230 valence electrons. The van der Waals surface area contributed by atoms with Crippen molar-refractivity contribution >= 4 is 17.4 Å². The molecule has 4 rings (SSSR count). The molecule has 0 bridgehead atoms. The average Bonchev–Trinajstić information content (AvgIpc) is 2.99. The maximum atomic E-state index is 13.6. The van der Waals surface area contributed by atoms with E-state index in [4.69, 9.17) is 20.6 Å². The first-order valence-corrected chi connectivity index (χ1v) is 13.1. The van der Waals surface area contributed by atoms with Crippen LogP contribution in [0, 0.1) is 5.41 Å². The number of carbonyl (C=O) groups is 1. The number of aliphatic hydroxyl groups excluding tert-OH is 4. The molecule has 1 aliphatic heterocycles. The van der Waals surface area contributed by atoms with Crippen LogP contribution in [0.4, 0.5) is 18.9 Å². The number of para-hydroxylation sites is 1. The van der Waals surface area contributed by atoms with E-state index in [0.29, 0.717) is 11.3 Å². The Morgan fingerprint density at radius 1 is 1.00 bits per heavy atom. The number of halogens is 3. The summed E-state index contributed by atoms with van der Waals surface area (Å²) in [5, 5.41) is 53.5. The van der Waals surface area contributed by atoms with E-state index in [1.165, 1.54) is 36.4 Å². The smallest absolute Gasteiger partial charge is 0.416 e. The SMILES string of the molecule is N=C(N)c1cccc(NC(C(=O)NCc2ccccc2C(F)(F)F)c2ccccc2OC2OC(CO)C(O)C(O)C2O)c1. The fourth-order valence-corrected chi connectivity index (χ4v) is 4.58. The zero-order chi connectivity index (χ0) is 31.3. The third-order valence-corrected chi connectivity index (χ3v) is 6.84. The van der Waals surface area contributed by atoms with Crippen molar-refractivity contribution in [1.29, 1.82) is 5.41 Å². The van der Waals surface area contributed by atoms with Gasteiger partial charge in [0.15, 0.2) is 0 Å². The molecule has 11 nitrogen and oxygen atoms in total. The van der Waals surface area contributed by atoms with E-state index in [9.17, 15) is 38.4 Å². The molecule has 1 heterocycles. The third kappa shape index (κ3) is 7.42. The van der Waals surface area contributed by atoms with Gasteiger partial charge in [-0.25, -0.2) is 0 Å². The molecule has 0 aromatic heterocycles. The average molecular weight is 605 g/mol. The minimum absolute atomic E-state index is 0.0158. The summed E-state index contributed by atoms with van der Waals surface area (Å²) >= 11 is 0. The molecule has 1 aliphatic rings. The maximum Gasteiger partial charge on any atom is 0.416 e. The number of alkyl halides is 3. The summed E-state index contributed by atoms with van der Waals surface area (Å²) < 4.78 is 51.9. The normalized spacial score (nSPS) is 22.8.